The average Bonchev–Trinajstić information content (AvgIpc) is 3.12. The molecule has 1 amide bonds. The zero-order chi connectivity index (χ0) is 19.6. The number of anilines is 1. The van der Waals surface area contributed by atoms with Crippen molar-refractivity contribution in [2.75, 3.05) is 11.1 Å². The normalized spacial score (nSPS) is 11.4. The number of hydrogen-bond donors (Lipinski definition) is 1. The molecule has 0 radical (unpaired) electrons. The van der Waals surface area contributed by atoms with Gasteiger partial charge in [0.05, 0.1) is 10.6 Å². The van der Waals surface area contributed by atoms with E-state index in [1.807, 2.05) is 0 Å². The Labute approximate surface area is 153 Å². The molecule has 0 aliphatic rings. The molecule has 1 N–H and O–H groups in total. The summed E-state index contributed by atoms with van der Waals surface area (Å²) in [6, 6.07) is 8.26. The molecule has 0 aliphatic heterocycles. The highest BCUT2D eigenvalue weighted by molar-refractivity contribution is 7.91. The highest BCUT2D eigenvalue weighted by Crippen LogP contribution is 2.22. The van der Waals surface area contributed by atoms with Gasteiger partial charge in [-0.2, -0.15) is 0 Å². The lowest BCUT2D eigenvalue weighted by molar-refractivity contribution is 0.102. The summed E-state index contributed by atoms with van der Waals surface area (Å²) in [4.78, 5) is 12.2. The molecule has 7 nitrogen and oxygen atoms in total. The Bertz CT molecular complexity index is 1100. The lowest BCUT2D eigenvalue weighted by Crippen LogP contribution is -2.12. The summed E-state index contributed by atoms with van der Waals surface area (Å²) in [5.41, 5.74) is 0.327. The van der Waals surface area contributed by atoms with Crippen molar-refractivity contribution in [1.82, 2.24) is 10.2 Å². The molecule has 3 aromatic rings. The number of nitrogens with zero attached hydrogens (tertiary/aromatic N) is 2. The van der Waals surface area contributed by atoms with Crippen LogP contribution in [0, 0.1) is 11.6 Å². The molecule has 1 aromatic heterocycles. The standard InChI is InChI=1S/C17H13F2N3O4S/c1-2-27(24,25)12-6-3-10(4-7-12)16-21-22-17(26-16)20-15(23)11-5-8-13(18)14(19)9-11/h3-9H,2H2,1H3,(H,20,22,23). The summed E-state index contributed by atoms with van der Waals surface area (Å²) in [5, 5.41) is 9.69. The quantitative estimate of drug-likeness (QED) is 0.715. The second kappa shape index (κ2) is 7.23. The Hall–Kier alpha value is -3.14. The van der Waals surface area contributed by atoms with Crippen molar-refractivity contribution in [3.8, 4) is 11.5 Å². The SMILES string of the molecule is CCS(=O)(=O)c1ccc(-c2nnc(NC(=O)c3ccc(F)c(F)c3)o2)cc1. The van der Waals surface area contributed by atoms with Crippen LogP contribution in [0.15, 0.2) is 51.8 Å². The number of benzene rings is 2. The lowest BCUT2D eigenvalue weighted by Gasteiger charge is -2.02. The van der Waals surface area contributed by atoms with Gasteiger partial charge in [0.1, 0.15) is 0 Å². The largest absolute Gasteiger partial charge is 0.403 e. The first-order valence-corrected chi connectivity index (χ1v) is 9.38. The Morgan fingerprint density at radius 2 is 1.78 bits per heavy atom. The maximum Gasteiger partial charge on any atom is 0.322 e. The van der Waals surface area contributed by atoms with Gasteiger partial charge in [0, 0.05) is 11.1 Å². The topological polar surface area (TPSA) is 102 Å². The first-order valence-electron chi connectivity index (χ1n) is 7.73. The van der Waals surface area contributed by atoms with E-state index in [1.165, 1.54) is 24.3 Å². The fraction of sp³-hybridized carbons (Fsp3) is 0.118. The van der Waals surface area contributed by atoms with Crippen molar-refractivity contribution >= 4 is 21.8 Å². The summed E-state index contributed by atoms with van der Waals surface area (Å²) in [6.07, 6.45) is 0. The van der Waals surface area contributed by atoms with Gasteiger partial charge >= 0.3 is 6.01 Å². The minimum atomic E-state index is -3.33. The van der Waals surface area contributed by atoms with E-state index >= 15 is 0 Å². The van der Waals surface area contributed by atoms with Crippen molar-refractivity contribution in [2.45, 2.75) is 11.8 Å². The summed E-state index contributed by atoms with van der Waals surface area (Å²) in [7, 11) is -3.33. The fourth-order valence-corrected chi connectivity index (χ4v) is 3.05. The van der Waals surface area contributed by atoms with Gasteiger partial charge in [0.15, 0.2) is 21.5 Å². The number of halogens is 2. The molecular weight excluding hydrogens is 380 g/mol. The Balaban J connectivity index is 1.76. The van der Waals surface area contributed by atoms with Gasteiger partial charge in [0.25, 0.3) is 5.91 Å². The van der Waals surface area contributed by atoms with Crippen LogP contribution in [0.25, 0.3) is 11.5 Å². The van der Waals surface area contributed by atoms with Crippen molar-refractivity contribution in [3.63, 3.8) is 0 Å². The van der Waals surface area contributed by atoms with Crippen LogP contribution < -0.4 is 5.32 Å². The summed E-state index contributed by atoms with van der Waals surface area (Å²) >= 11 is 0. The van der Waals surface area contributed by atoms with Crippen LogP contribution in [0.4, 0.5) is 14.8 Å². The molecule has 2 aromatic carbocycles. The second-order valence-corrected chi connectivity index (χ2v) is 7.70. The minimum Gasteiger partial charge on any atom is -0.403 e. The van der Waals surface area contributed by atoms with Crippen LogP contribution in [0.2, 0.25) is 0 Å². The first kappa shape index (κ1) is 18.6. The number of amides is 1. The van der Waals surface area contributed by atoms with E-state index in [0.29, 0.717) is 5.56 Å². The molecule has 0 bridgehead atoms. The molecule has 0 saturated carbocycles. The van der Waals surface area contributed by atoms with Crippen LogP contribution in [-0.2, 0) is 9.84 Å². The van der Waals surface area contributed by atoms with Crippen LogP contribution in [0.3, 0.4) is 0 Å². The zero-order valence-corrected chi connectivity index (χ0v) is 14.8. The number of aromatic nitrogens is 2. The van der Waals surface area contributed by atoms with E-state index in [9.17, 15) is 22.0 Å². The fourth-order valence-electron chi connectivity index (χ4n) is 2.17. The van der Waals surface area contributed by atoms with Crippen molar-refractivity contribution in [2.24, 2.45) is 0 Å². The molecule has 0 atom stereocenters. The van der Waals surface area contributed by atoms with Gasteiger partial charge in [-0.15, -0.1) is 5.10 Å². The van der Waals surface area contributed by atoms with E-state index in [4.69, 9.17) is 4.42 Å². The third-order valence-corrected chi connectivity index (χ3v) is 5.42. The predicted octanol–water partition coefficient (Wildman–Crippen LogP) is 3.06. The number of sulfone groups is 1. The van der Waals surface area contributed by atoms with E-state index in [-0.39, 0.29) is 28.1 Å². The van der Waals surface area contributed by atoms with Crippen LogP contribution in [0.5, 0.6) is 0 Å². The third kappa shape index (κ3) is 4.00. The molecule has 0 spiro atoms. The van der Waals surface area contributed by atoms with E-state index in [1.54, 1.807) is 6.92 Å². The zero-order valence-electron chi connectivity index (χ0n) is 13.9. The molecule has 0 aliphatic carbocycles. The first-order chi connectivity index (χ1) is 12.8. The number of nitrogens with one attached hydrogen (secondary N) is 1. The second-order valence-electron chi connectivity index (χ2n) is 5.42. The summed E-state index contributed by atoms with van der Waals surface area (Å²) in [6.45, 7) is 1.54. The molecule has 1 heterocycles. The van der Waals surface area contributed by atoms with Gasteiger partial charge < -0.3 is 4.42 Å². The Kier molecular flexibility index (Phi) is 5.00. The van der Waals surface area contributed by atoms with Gasteiger partial charge in [-0.3, -0.25) is 10.1 Å². The maximum absolute atomic E-state index is 13.2. The number of rotatable bonds is 5. The van der Waals surface area contributed by atoms with Crippen LogP contribution in [0.1, 0.15) is 17.3 Å². The number of hydrogen-bond acceptors (Lipinski definition) is 6. The van der Waals surface area contributed by atoms with Gasteiger partial charge in [-0.1, -0.05) is 12.0 Å². The van der Waals surface area contributed by atoms with Gasteiger partial charge in [-0.25, -0.2) is 17.2 Å². The van der Waals surface area contributed by atoms with Crippen molar-refractivity contribution < 1.29 is 26.4 Å². The highest BCUT2D eigenvalue weighted by atomic mass is 32.2. The molecule has 0 saturated heterocycles. The van der Waals surface area contributed by atoms with Crippen LogP contribution in [-0.4, -0.2) is 30.3 Å². The highest BCUT2D eigenvalue weighted by Gasteiger charge is 2.16. The van der Waals surface area contributed by atoms with E-state index < -0.39 is 27.4 Å². The smallest absolute Gasteiger partial charge is 0.322 e. The molecule has 27 heavy (non-hydrogen) atoms. The maximum atomic E-state index is 13.2. The van der Waals surface area contributed by atoms with Crippen molar-refractivity contribution in [1.29, 1.82) is 0 Å². The molecule has 140 valence electrons. The predicted molar refractivity (Wildman–Crippen MR) is 91.8 cm³/mol. The summed E-state index contributed by atoms with van der Waals surface area (Å²) in [5.74, 6) is -2.95. The Morgan fingerprint density at radius 3 is 2.41 bits per heavy atom. The Morgan fingerprint density at radius 1 is 1.07 bits per heavy atom. The monoisotopic (exact) mass is 393 g/mol. The average molecular weight is 393 g/mol. The number of carbonyl (C=O) groups is 1. The van der Waals surface area contributed by atoms with E-state index in [0.717, 1.165) is 18.2 Å². The minimum absolute atomic E-state index is 0.0208. The molecule has 10 heteroatoms. The van der Waals surface area contributed by atoms with Crippen molar-refractivity contribution in [3.05, 3.63) is 59.7 Å². The number of carbonyl (C=O) groups excluding carboxylic acids is 1. The molecule has 0 unspecified atom stereocenters. The van der Waals surface area contributed by atoms with Gasteiger partial charge in [0.2, 0.25) is 5.89 Å². The summed E-state index contributed by atoms with van der Waals surface area (Å²) < 4.78 is 55.0. The molecular formula is C17H13F2N3O4S. The third-order valence-electron chi connectivity index (χ3n) is 3.67. The van der Waals surface area contributed by atoms with Gasteiger partial charge in [-0.05, 0) is 42.5 Å². The van der Waals surface area contributed by atoms with Crippen LogP contribution >= 0.6 is 0 Å². The van der Waals surface area contributed by atoms with E-state index in [2.05, 4.69) is 15.5 Å². The molecule has 3 rings (SSSR count). The molecule has 0 fully saturated rings. The lowest BCUT2D eigenvalue weighted by atomic mass is 10.2.